The van der Waals surface area contributed by atoms with Gasteiger partial charge in [0.05, 0.1) is 0 Å². The standard InChI is InChI=1S/C16H24N4O2/c1-16(2,3)22-15(21)20(12-7-11-18-19-17)13-10-14-8-5-4-6-9-14/h4-6,8-9H,7,10-13H2,1-3H3. The van der Waals surface area contributed by atoms with Gasteiger partial charge in [0.1, 0.15) is 5.60 Å². The fourth-order valence-electron chi connectivity index (χ4n) is 1.91. The average Bonchev–Trinajstić information content (AvgIpc) is 2.45. The first-order valence-electron chi connectivity index (χ1n) is 7.45. The van der Waals surface area contributed by atoms with Gasteiger partial charge >= 0.3 is 6.09 Å². The molecule has 0 aromatic heterocycles. The molecule has 6 heteroatoms. The largest absolute Gasteiger partial charge is 0.444 e. The van der Waals surface area contributed by atoms with Crippen LogP contribution in [0.2, 0.25) is 0 Å². The number of hydrogen-bond acceptors (Lipinski definition) is 3. The lowest BCUT2D eigenvalue weighted by Crippen LogP contribution is -2.38. The first-order chi connectivity index (χ1) is 10.4. The molecule has 1 amide bonds. The molecule has 0 aliphatic heterocycles. The van der Waals surface area contributed by atoms with Gasteiger partial charge in [0, 0.05) is 24.5 Å². The van der Waals surface area contributed by atoms with Crippen LogP contribution in [0.5, 0.6) is 0 Å². The predicted molar refractivity (Wildman–Crippen MR) is 86.6 cm³/mol. The highest BCUT2D eigenvalue weighted by Gasteiger charge is 2.21. The van der Waals surface area contributed by atoms with Gasteiger partial charge in [-0.3, -0.25) is 0 Å². The lowest BCUT2D eigenvalue weighted by Gasteiger charge is -2.27. The quantitative estimate of drug-likeness (QED) is 0.328. The van der Waals surface area contributed by atoms with Crippen LogP contribution in [0.4, 0.5) is 4.79 Å². The molecule has 1 rings (SSSR count). The summed E-state index contributed by atoms with van der Waals surface area (Å²) < 4.78 is 5.43. The Morgan fingerprint density at radius 3 is 2.55 bits per heavy atom. The summed E-state index contributed by atoms with van der Waals surface area (Å²) in [5.74, 6) is 0. The van der Waals surface area contributed by atoms with E-state index in [4.69, 9.17) is 10.3 Å². The third-order valence-electron chi connectivity index (χ3n) is 2.91. The van der Waals surface area contributed by atoms with Gasteiger partial charge in [0.25, 0.3) is 0 Å². The first-order valence-corrected chi connectivity index (χ1v) is 7.45. The Balaban J connectivity index is 2.60. The van der Waals surface area contributed by atoms with Crippen molar-refractivity contribution in [1.82, 2.24) is 4.90 Å². The highest BCUT2D eigenvalue weighted by Crippen LogP contribution is 2.11. The van der Waals surface area contributed by atoms with Crippen molar-refractivity contribution in [3.05, 3.63) is 46.3 Å². The SMILES string of the molecule is CC(C)(C)OC(=O)N(CCCN=[N+]=[N-])CCc1ccccc1. The number of carbonyl (C=O) groups is 1. The molecule has 0 N–H and O–H groups in total. The van der Waals surface area contributed by atoms with E-state index in [1.54, 1.807) is 4.90 Å². The number of ether oxygens (including phenoxy) is 1. The number of rotatable bonds is 7. The van der Waals surface area contributed by atoms with E-state index in [0.717, 1.165) is 6.42 Å². The fourth-order valence-corrected chi connectivity index (χ4v) is 1.91. The summed E-state index contributed by atoms with van der Waals surface area (Å²) in [6.07, 6.45) is 1.06. The molecule has 0 saturated carbocycles. The topological polar surface area (TPSA) is 78.3 Å². The second kappa shape index (κ2) is 8.95. The van der Waals surface area contributed by atoms with E-state index in [9.17, 15) is 4.79 Å². The Kier molecular flexibility index (Phi) is 7.26. The summed E-state index contributed by atoms with van der Waals surface area (Å²) >= 11 is 0. The van der Waals surface area contributed by atoms with Crippen molar-refractivity contribution in [2.75, 3.05) is 19.6 Å². The van der Waals surface area contributed by atoms with E-state index in [0.29, 0.717) is 26.1 Å². The van der Waals surface area contributed by atoms with E-state index in [2.05, 4.69) is 10.0 Å². The van der Waals surface area contributed by atoms with E-state index in [1.807, 2.05) is 51.1 Å². The Morgan fingerprint density at radius 2 is 1.95 bits per heavy atom. The van der Waals surface area contributed by atoms with Gasteiger partial charge in [-0.25, -0.2) is 4.79 Å². The van der Waals surface area contributed by atoms with Crippen molar-refractivity contribution in [3.8, 4) is 0 Å². The minimum absolute atomic E-state index is 0.329. The van der Waals surface area contributed by atoms with Gasteiger partial charge in [0.15, 0.2) is 0 Å². The second-order valence-electron chi connectivity index (χ2n) is 6.01. The number of amides is 1. The minimum atomic E-state index is -0.521. The normalized spacial score (nSPS) is 10.7. The van der Waals surface area contributed by atoms with Crippen molar-refractivity contribution in [1.29, 1.82) is 0 Å². The number of hydrogen-bond donors (Lipinski definition) is 0. The Labute approximate surface area is 131 Å². The molecular weight excluding hydrogens is 280 g/mol. The number of carbonyl (C=O) groups excluding carboxylic acids is 1. The maximum atomic E-state index is 12.2. The van der Waals surface area contributed by atoms with E-state index >= 15 is 0 Å². The summed E-state index contributed by atoms with van der Waals surface area (Å²) in [5, 5.41) is 3.50. The lowest BCUT2D eigenvalue weighted by molar-refractivity contribution is 0.0251. The molecule has 1 aromatic rings. The van der Waals surface area contributed by atoms with Crippen LogP contribution < -0.4 is 0 Å². The van der Waals surface area contributed by atoms with Gasteiger partial charge in [-0.05, 0) is 44.7 Å². The van der Waals surface area contributed by atoms with E-state index < -0.39 is 5.60 Å². The van der Waals surface area contributed by atoms with Crippen molar-refractivity contribution >= 4 is 6.09 Å². The molecule has 0 aliphatic carbocycles. The highest BCUT2D eigenvalue weighted by atomic mass is 16.6. The monoisotopic (exact) mass is 304 g/mol. The fraction of sp³-hybridized carbons (Fsp3) is 0.562. The van der Waals surface area contributed by atoms with Crippen LogP contribution in [0.15, 0.2) is 35.4 Å². The van der Waals surface area contributed by atoms with Gasteiger partial charge in [-0.1, -0.05) is 35.4 Å². The molecule has 0 heterocycles. The van der Waals surface area contributed by atoms with Crippen LogP contribution in [0.3, 0.4) is 0 Å². The first kappa shape index (κ1) is 17.9. The van der Waals surface area contributed by atoms with Crippen LogP contribution in [0.25, 0.3) is 10.4 Å². The molecule has 0 unspecified atom stereocenters. The molecule has 0 radical (unpaired) electrons. The Hall–Kier alpha value is -2.20. The van der Waals surface area contributed by atoms with Crippen LogP contribution in [-0.2, 0) is 11.2 Å². The summed E-state index contributed by atoms with van der Waals surface area (Å²) in [7, 11) is 0. The molecule has 0 fully saturated rings. The molecular formula is C16H24N4O2. The zero-order valence-corrected chi connectivity index (χ0v) is 13.5. The van der Waals surface area contributed by atoms with Crippen molar-refractivity contribution < 1.29 is 9.53 Å². The minimum Gasteiger partial charge on any atom is -0.444 e. The van der Waals surface area contributed by atoms with Crippen LogP contribution in [0.1, 0.15) is 32.8 Å². The third-order valence-corrected chi connectivity index (χ3v) is 2.91. The molecule has 0 atom stereocenters. The molecule has 1 aromatic carbocycles. The molecule has 0 spiro atoms. The maximum Gasteiger partial charge on any atom is 0.410 e. The van der Waals surface area contributed by atoms with E-state index in [-0.39, 0.29) is 6.09 Å². The average molecular weight is 304 g/mol. The number of nitrogens with zero attached hydrogens (tertiary/aromatic N) is 4. The van der Waals surface area contributed by atoms with Crippen LogP contribution >= 0.6 is 0 Å². The zero-order valence-electron chi connectivity index (χ0n) is 13.5. The summed E-state index contributed by atoms with van der Waals surface area (Å²) in [6.45, 7) is 7.01. The third kappa shape index (κ3) is 7.55. The molecule has 0 saturated heterocycles. The molecule has 22 heavy (non-hydrogen) atoms. The molecule has 0 aliphatic rings. The molecule has 120 valence electrons. The Morgan fingerprint density at radius 1 is 1.27 bits per heavy atom. The summed E-state index contributed by atoms with van der Waals surface area (Å²) in [4.78, 5) is 16.6. The van der Waals surface area contributed by atoms with E-state index in [1.165, 1.54) is 5.56 Å². The smallest absolute Gasteiger partial charge is 0.410 e. The zero-order chi connectivity index (χ0) is 16.4. The maximum absolute atomic E-state index is 12.2. The van der Waals surface area contributed by atoms with Crippen molar-refractivity contribution in [2.45, 2.75) is 39.2 Å². The molecule has 0 bridgehead atoms. The van der Waals surface area contributed by atoms with Gasteiger partial charge < -0.3 is 9.64 Å². The lowest BCUT2D eigenvalue weighted by atomic mass is 10.1. The Bertz CT molecular complexity index is 505. The van der Waals surface area contributed by atoms with Gasteiger partial charge in [0.2, 0.25) is 0 Å². The van der Waals surface area contributed by atoms with Gasteiger partial charge in [-0.2, -0.15) is 0 Å². The summed E-state index contributed by atoms with van der Waals surface area (Å²) in [5.41, 5.74) is 8.95. The highest BCUT2D eigenvalue weighted by molar-refractivity contribution is 5.68. The van der Waals surface area contributed by atoms with Crippen LogP contribution in [0, 0.1) is 0 Å². The van der Waals surface area contributed by atoms with Crippen LogP contribution in [-0.4, -0.2) is 36.2 Å². The molecule has 6 nitrogen and oxygen atoms in total. The second-order valence-corrected chi connectivity index (χ2v) is 6.01. The van der Waals surface area contributed by atoms with Gasteiger partial charge in [-0.15, -0.1) is 0 Å². The number of benzene rings is 1. The number of azide groups is 1. The predicted octanol–water partition coefficient (Wildman–Crippen LogP) is 4.17. The van der Waals surface area contributed by atoms with Crippen molar-refractivity contribution in [3.63, 3.8) is 0 Å². The summed E-state index contributed by atoms with van der Waals surface area (Å²) in [6, 6.07) is 10.00. The van der Waals surface area contributed by atoms with Crippen molar-refractivity contribution in [2.24, 2.45) is 5.11 Å².